The monoisotopic (exact) mass is 355 g/mol. The zero-order chi connectivity index (χ0) is 18.4. The van der Waals surface area contributed by atoms with Crippen molar-refractivity contribution in [2.45, 2.75) is 38.6 Å². The molecule has 0 radical (unpaired) electrons. The fourth-order valence-corrected chi connectivity index (χ4v) is 3.25. The maximum absolute atomic E-state index is 12.4. The number of carbonyl (C=O) groups is 2. The Morgan fingerprint density at radius 2 is 2.00 bits per heavy atom. The Bertz CT molecular complexity index is 751. The van der Waals surface area contributed by atoms with Crippen LogP contribution in [0.3, 0.4) is 0 Å². The molecule has 26 heavy (non-hydrogen) atoms. The third-order valence-corrected chi connectivity index (χ3v) is 4.60. The van der Waals surface area contributed by atoms with Gasteiger partial charge in [0.25, 0.3) is 0 Å². The summed E-state index contributed by atoms with van der Waals surface area (Å²) in [5.41, 5.74) is 7.42. The standard InChI is InChI=1S/C19H25N5O2/c20-19(26)15-7-8-17(23-10-2-1-3-11-23)16(14-15)22-18(25)6-4-12-24-13-5-9-21-24/h5,7-9,13-14H,1-4,6,10-12H2,(H2,20,26)(H,22,25). The van der Waals surface area contributed by atoms with Crippen LogP contribution in [0.5, 0.6) is 0 Å². The van der Waals surface area contributed by atoms with E-state index in [1.807, 2.05) is 18.3 Å². The molecule has 0 saturated carbocycles. The maximum atomic E-state index is 12.4. The summed E-state index contributed by atoms with van der Waals surface area (Å²) in [5.74, 6) is -0.568. The Morgan fingerprint density at radius 3 is 2.69 bits per heavy atom. The first-order chi connectivity index (χ1) is 12.6. The molecule has 3 rings (SSSR count). The summed E-state index contributed by atoms with van der Waals surface area (Å²) in [6.07, 6.45) is 8.18. The first-order valence-corrected chi connectivity index (χ1v) is 9.09. The molecular weight excluding hydrogens is 330 g/mol. The Hall–Kier alpha value is -2.83. The summed E-state index contributed by atoms with van der Waals surface area (Å²) < 4.78 is 1.81. The van der Waals surface area contributed by atoms with Crippen LogP contribution in [0.1, 0.15) is 42.5 Å². The van der Waals surface area contributed by atoms with E-state index in [1.54, 1.807) is 23.0 Å². The molecule has 7 nitrogen and oxygen atoms in total. The molecule has 1 aromatic carbocycles. The van der Waals surface area contributed by atoms with Gasteiger partial charge in [0.15, 0.2) is 0 Å². The molecule has 1 fully saturated rings. The largest absolute Gasteiger partial charge is 0.370 e. The fraction of sp³-hybridized carbons (Fsp3) is 0.421. The third-order valence-electron chi connectivity index (χ3n) is 4.60. The summed E-state index contributed by atoms with van der Waals surface area (Å²) in [6.45, 7) is 2.61. The van der Waals surface area contributed by atoms with Gasteiger partial charge in [0.2, 0.25) is 11.8 Å². The normalized spacial score (nSPS) is 14.2. The molecule has 0 atom stereocenters. The summed E-state index contributed by atoms with van der Waals surface area (Å²) in [5, 5.41) is 7.10. The van der Waals surface area contributed by atoms with E-state index >= 15 is 0 Å². The average Bonchev–Trinajstić information content (AvgIpc) is 3.16. The Morgan fingerprint density at radius 1 is 1.19 bits per heavy atom. The molecule has 1 saturated heterocycles. The molecule has 3 N–H and O–H groups in total. The second-order valence-electron chi connectivity index (χ2n) is 6.56. The number of nitrogens with two attached hydrogens (primary N) is 1. The number of nitrogens with zero attached hydrogens (tertiary/aromatic N) is 3. The summed E-state index contributed by atoms with van der Waals surface area (Å²) in [6, 6.07) is 7.14. The molecular formula is C19H25N5O2. The molecule has 0 aliphatic carbocycles. The van der Waals surface area contributed by atoms with Crippen LogP contribution in [0.15, 0.2) is 36.7 Å². The predicted octanol–water partition coefficient (Wildman–Crippen LogP) is 2.39. The lowest BCUT2D eigenvalue weighted by atomic mass is 10.1. The van der Waals surface area contributed by atoms with Crippen molar-refractivity contribution in [3.63, 3.8) is 0 Å². The van der Waals surface area contributed by atoms with Crippen LogP contribution in [0, 0.1) is 0 Å². The molecule has 1 aliphatic heterocycles. The second kappa shape index (κ2) is 8.51. The summed E-state index contributed by atoms with van der Waals surface area (Å²) in [7, 11) is 0. The van der Waals surface area contributed by atoms with E-state index < -0.39 is 5.91 Å². The van der Waals surface area contributed by atoms with E-state index in [4.69, 9.17) is 5.73 Å². The molecule has 138 valence electrons. The van der Waals surface area contributed by atoms with Crippen LogP contribution in [0.2, 0.25) is 0 Å². The van der Waals surface area contributed by atoms with E-state index in [0.29, 0.717) is 30.6 Å². The zero-order valence-electron chi connectivity index (χ0n) is 14.9. The van der Waals surface area contributed by atoms with Crippen LogP contribution in [0.25, 0.3) is 0 Å². The molecule has 2 aromatic rings. The third kappa shape index (κ3) is 4.62. The molecule has 0 unspecified atom stereocenters. The number of carbonyl (C=O) groups excluding carboxylic acids is 2. The zero-order valence-corrected chi connectivity index (χ0v) is 14.9. The second-order valence-corrected chi connectivity index (χ2v) is 6.56. The lowest BCUT2D eigenvalue weighted by Gasteiger charge is -2.30. The maximum Gasteiger partial charge on any atom is 0.248 e. The SMILES string of the molecule is NC(=O)c1ccc(N2CCCCC2)c(NC(=O)CCCn2cccn2)c1. The Labute approximate surface area is 153 Å². The number of amides is 2. The number of aryl methyl sites for hydroxylation is 1. The highest BCUT2D eigenvalue weighted by Gasteiger charge is 2.17. The number of aromatic nitrogens is 2. The van der Waals surface area contributed by atoms with Gasteiger partial charge >= 0.3 is 0 Å². The number of nitrogens with one attached hydrogen (secondary N) is 1. The Kier molecular flexibility index (Phi) is 5.88. The van der Waals surface area contributed by atoms with Gasteiger partial charge in [-0.15, -0.1) is 0 Å². The highest BCUT2D eigenvalue weighted by atomic mass is 16.2. The lowest BCUT2D eigenvalue weighted by Crippen LogP contribution is -2.30. The topological polar surface area (TPSA) is 93.3 Å². The van der Waals surface area contributed by atoms with Crippen LogP contribution in [-0.2, 0) is 11.3 Å². The summed E-state index contributed by atoms with van der Waals surface area (Å²) in [4.78, 5) is 26.2. The van der Waals surface area contributed by atoms with Crippen LogP contribution in [0.4, 0.5) is 11.4 Å². The number of primary amides is 1. The van der Waals surface area contributed by atoms with Gasteiger partial charge in [-0.2, -0.15) is 5.10 Å². The molecule has 1 aliphatic rings. The van der Waals surface area contributed by atoms with Crippen molar-refractivity contribution in [3.05, 3.63) is 42.2 Å². The van der Waals surface area contributed by atoms with Gasteiger partial charge in [0.05, 0.1) is 11.4 Å². The van der Waals surface area contributed by atoms with Gasteiger partial charge in [-0.1, -0.05) is 0 Å². The molecule has 2 heterocycles. The van der Waals surface area contributed by atoms with Gasteiger partial charge in [-0.05, 0) is 49.9 Å². The van der Waals surface area contributed by atoms with Crippen molar-refractivity contribution in [1.82, 2.24) is 9.78 Å². The molecule has 0 spiro atoms. The van der Waals surface area contributed by atoms with Crippen LogP contribution < -0.4 is 16.0 Å². The number of rotatable bonds is 7. The van der Waals surface area contributed by atoms with E-state index in [2.05, 4.69) is 15.3 Å². The van der Waals surface area contributed by atoms with Crippen molar-refractivity contribution in [2.75, 3.05) is 23.3 Å². The average molecular weight is 355 g/mol. The van der Waals surface area contributed by atoms with Gasteiger partial charge in [-0.3, -0.25) is 14.3 Å². The number of hydrogen-bond acceptors (Lipinski definition) is 4. The lowest BCUT2D eigenvalue weighted by molar-refractivity contribution is -0.116. The highest BCUT2D eigenvalue weighted by molar-refractivity contribution is 5.99. The Balaban J connectivity index is 1.67. The minimum atomic E-state index is -0.496. The van der Waals surface area contributed by atoms with Gasteiger partial charge < -0.3 is 16.0 Å². The number of hydrogen-bond donors (Lipinski definition) is 2. The minimum Gasteiger partial charge on any atom is -0.370 e. The molecule has 1 aromatic heterocycles. The molecule has 2 amide bonds. The predicted molar refractivity (Wildman–Crippen MR) is 101 cm³/mol. The highest BCUT2D eigenvalue weighted by Crippen LogP contribution is 2.30. The van der Waals surface area contributed by atoms with E-state index in [9.17, 15) is 9.59 Å². The van der Waals surface area contributed by atoms with E-state index in [1.165, 1.54) is 6.42 Å². The molecule has 7 heteroatoms. The fourth-order valence-electron chi connectivity index (χ4n) is 3.25. The van der Waals surface area contributed by atoms with E-state index in [0.717, 1.165) is 31.6 Å². The van der Waals surface area contributed by atoms with Crippen molar-refractivity contribution >= 4 is 23.2 Å². The first-order valence-electron chi connectivity index (χ1n) is 9.09. The van der Waals surface area contributed by atoms with Gasteiger partial charge in [0, 0.05) is 44.0 Å². The van der Waals surface area contributed by atoms with Gasteiger partial charge in [-0.25, -0.2) is 0 Å². The summed E-state index contributed by atoms with van der Waals surface area (Å²) >= 11 is 0. The number of piperidine rings is 1. The van der Waals surface area contributed by atoms with Gasteiger partial charge in [0.1, 0.15) is 0 Å². The van der Waals surface area contributed by atoms with Crippen molar-refractivity contribution in [3.8, 4) is 0 Å². The number of benzene rings is 1. The van der Waals surface area contributed by atoms with E-state index in [-0.39, 0.29) is 5.91 Å². The smallest absolute Gasteiger partial charge is 0.248 e. The molecule has 0 bridgehead atoms. The minimum absolute atomic E-state index is 0.0722. The van der Waals surface area contributed by atoms with Crippen LogP contribution >= 0.6 is 0 Å². The van der Waals surface area contributed by atoms with Crippen molar-refractivity contribution in [1.29, 1.82) is 0 Å². The van der Waals surface area contributed by atoms with Crippen molar-refractivity contribution in [2.24, 2.45) is 5.73 Å². The van der Waals surface area contributed by atoms with Crippen LogP contribution in [-0.4, -0.2) is 34.7 Å². The number of anilines is 2. The van der Waals surface area contributed by atoms with Crippen molar-refractivity contribution < 1.29 is 9.59 Å². The quantitative estimate of drug-likeness (QED) is 0.797. The first kappa shape index (κ1) is 18.0.